The monoisotopic (exact) mass is 258 g/mol. The molecular formula is C12H16ClFN2O. The largest absolute Gasteiger partial charge is 0.330 e. The van der Waals surface area contributed by atoms with Crippen LogP contribution in [0, 0.1) is 5.82 Å². The van der Waals surface area contributed by atoms with E-state index in [1.54, 1.807) is 0 Å². The molecule has 1 amide bonds. The molecular weight excluding hydrogens is 243 g/mol. The highest BCUT2D eigenvalue weighted by molar-refractivity contribution is 6.33. The fourth-order valence-corrected chi connectivity index (χ4v) is 1.62. The number of amides is 1. The van der Waals surface area contributed by atoms with Crippen LogP contribution < -0.4 is 11.1 Å². The van der Waals surface area contributed by atoms with Gasteiger partial charge < -0.3 is 11.1 Å². The maximum absolute atomic E-state index is 12.8. The molecule has 0 saturated heterocycles. The predicted molar refractivity (Wildman–Crippen MR) is 67.6 cm³/mol. The highest BCUT2D eigenvalue weighted by atomic mass is 35.5. The zero-order chi connectivity index (χ0) is 12.7. The van der Waals surface area contributed by atoms with Gasteiger partial charge in [0.05, 0.1) is 10.7 Å². The Bertz CT molecular complexity index is 385. The molecule has 0 aliphatic rings. The van der Waals surface area contributed by atoms with Gasteiger partial charge in [0.15, 0.2) is 0 Å². The third-order valence-corrected chi connectivity index (χ3v) is 2.63. The number of halogens is 2. The van der Waals surface area contributed by atoms with Crippen molar-refractivity contribution in [3.05, 3.63) is 29.0 Å². The van der Waals surface area contributed by atoms with Crippen molar-refractivity contribution < 1.29 is 9.18 Å². The molecule has 0 spiro atoms. The zero-order valence-corrected chi connectivity index (χ0v) is 10.3. The number of unbranched alkanes of at least 4 members (excludes halogenated alkanes) is 2. The lowest BCUT2D eigenvalue weighted by Crippen LogP contribution is -2.11. The summed E-state index contributed by atoms with van der Waals surface area (Å²) in [6.45, 7) is 0.644. The van der Waals surface area contributed by atoms with Crippen molar-refractivity contribution in [1.29, 1.82) is 0 Å². The molecule has 0 fully saturated rings. The van der Waals surface area contributed by atoms with E-state index in [0.29, 0.717) is 18.7 Å². The minimum atomic E-state index is -0.420. The number of hydrogen-bond donors (Lipinski definition) is 2. The Morgan fingerprint density at radius 3 is 2.76 bits per heavy atom. The third-order valence-electron chi connectivity index (χ3n) is 2.31. The quantitative estimate of drug-likeness (QED) is 0.771. The molecule has 5 heteroatoms. The summed E-state index contributed by atoms with van der Waals surface area (Å²) in [5, 5.41) is 2.85. The van der Waals surface area contributed by atoms with E-state index in [1.807, 2.05) is 0 Å². The first kappa shape index (κ1) is 13.9. The predicted octanol–water partition coefficient (Wildman–Crippen LogP) is 2.94. The van der Waals surface area contributed by atoms with Crippen molar-refractivity contribution in [1.82, 2.24) is 0 Å². The molecule has 3 N–H and O–H groups in total. The average molecular weight is 259 g/mol. The van der Waals surface area contributed by atoms with Gasteiger partial charge in [0.2, 0.25) is 5.91 Å². The van der Waals surface area contributed by atoms with Crippen molar-refractivity contribution in [2.45, 2.75) is 25.7 Å². The molecule has 1 rings (SSSR count). The van der Waals surface area contributed by atoms with E-state index in [1.165, 1.54) is 18.2 Å². The van der Waals surface area contributed by atoms with Crippen LogP contribution in [0.5, 0.6) is 0 Å². The Balaban J connectivity index is 2.40. The summed E-state index contributed by atoms with van der Waals surface area (Å²) in [5.41, 5.74) is 5.79. The lowest BCUT2D eigenvalue weighted by molar-refractivity contribution is -0.116. The molecule has 1 aromatic carbocycles. The molecule has 0 unspecified atom stereocenters. The van der Waals surface area contributed by atoms with E-state index >= 15 is 0 Å². The van der Waals surface area contributed by atoms with Crippen molar-refractivity contribution in [3.8, 4) is 0 Å². The molecule has 1 aromatic rings. The Kier molecular flexibility index (Phi) is 5.94. The van der Waals surface area contributed by atoms with E-state index in [2.05, 4.69) is 5.32 Å². The van der Waals surface area contributed by atoms with Gasteiger partial charge in [-0.1, -0.05) is 18.0 Å². The van der Waals surface area contributed by atoms with Gasteiger partial charge in [0.25, 0.3) is 0 Å². The van der Waals surface area contributed by atoms with Crippen LogP contribution in [0.4, 0.5) is 10.1 Å². The second-order valence-corrected chi connectivity index (χ2v) is 4.18. The summed E-state index contributed by atoms with van der Waals surface area (Å²) < 4.78 is 12.8. The number of nitrogens with two attached hydrogens (primary N) is 1. The van der Waals surface area contributed by atoms with Crippen molar-refractivity contribution in [2.75, 3.05) is 11.9 Å². The van der Waals surface area contributed by atoms with Crippen molar-refractivity contribution in [3.63, 3.8) is 0 Å². The maximum Gasteiger partial charge on any atom is 0.224 e. The van der Waals surface area contributed by atoms with Gasteiger partial charge in [-0.2, -0.15) is 0 Å². The van der Waals surface area contributed by atoms with Gasteiger partial charge in [0, 0.05) is 6.42 Å². The van der Waals surface area contributed by atoms with Crippen LogP contribution in [0.15, 0.2) is 18.2 Å². The Morgan fingerprint density at radius 1 is 1.35 bits per heavy atom. The highest BCUT2D eigenvalue weighted by Gasteiger charge is 2.06. The molecule has 0 aliphatic carbocycles. The summed E-state index contributed by atoms with van der Waals surface area (Å²) in [4.78, 5) is 11.5. The first-order valence-electron chi connectivity index (χ1n) is 5.58. The minimum absolute atomic E-state index is 0.115. The molecule has 0 saturated carbocycles. The number of carbonyl (C=O) groups is 1. The Morgan fingerprint density at radius 2 is 2.12 bits per heavy atom. The molecule has 17 heavy (non-hydrogen) atoms. The van der Waals surface area contributed by atoms with Gasteiger partial charge >= 0.3 is 0 Å². The number of hydrogen-bond acceptors (Lipinski definition) is 2. The number of benzene rings is 1. The first-order valence-corrected chi connectivity index (χ1v) is 5.96. The number of rotatable bonds is 6. The summed E-state index contributed by atoms with van der Waals surface area (Å²) in [7, 11) is 0. The maximum atomic E-state index is 12.8. The average Bonchev–Trinajstić information content (AvgIpc) is 2.28. The second kappa shape index (κ2) is 7.25. The smallest absolute Gasteiger partial charge is 0.224 e. The summed E-state index contributed by atoms with van der Waals surface area (Å²) in [5.74, 6) is -0.536. The van der Waals surface area contributed by atoms with Crippen LogP contribution >= 0.6 is 11.6 Å². The highest BCUT2D eigenvalue weighted by Crippen LogP contribution is 2.22. The summed E-state index contributed by atoms with van der Waals surface area (Å²) in [6.07, 6.45) is 3.07. The van der Waals surface area contributed by atoms with Crippen LogP contribution in [0.2, 0.25) is 5.02 Å². The van der Waals surface area contributed by atoms with Gasteiger partial charge in [-0.15, -0.1) is 0 Å². The van der Waals surface area contributed by atoms with E-state index in [9.17, 15) is 9.18 Å². The molecule has 0 aromatic heterocycles. The van der Waals surface area contributed by atoms with Crippen LogP contribution in [0.1, 0.15) is 25.7 Å². The van der Waals surface area contributed by atoms with Crippen molar-refractivity contribution >= 4 is 23.2 Å². The van der Waals surface area contributed by atoms with Crippen LogP contribution in [0.25, 0.3) is 0 Å². The first-order chi connectivity index (χ1) is 8.13. The number of carbonyl (C=O) groups excluding carboxylic acids is 1. The summed E-state index contributed by atoms with van der Waals surface area (Å²) >= 11 is 5.79. The molecule has 0 bridgehead atoms. The fraction of sp³-hybridized carbons (Fsp3) is 0.417. The van der Waals surface area contributed by atoms with Gasteiger partial charge in [0.1, 0.15) is 5.82 Å². The lowest BCUT2D eigenvalue weighted by atomic mass is 10.2. The van der Waals surface area contributed by atoms with Gasteiger partial charge in [-0.3, -0.25) is 4.79 Å². The van der Waals surface area contributed by atoms with Crippen molar-refractivity contribution in [2.24, 2.45) is 5.73 Å². The van der Waals surface area contributed by atoms with Crippen LogP contribution in [-0.2, 0) is 4.79 Å². The molecule has 0 radical (unpaired) electrons. The van der Waals surface area contributed by atoms with Gasteiger partial charge in [-0.05, 0) is 37.6 Å². The third kappa shape index (κ3) is 5.15. The molecule has 0 atom stereocenters. The molecule has 0 heterocycles. The standard InChI is InChI=1S/C12H16ClFN2O/c13-10-8-9(14)5-6-11(10)16-12(17)4-2-1-3-7-15/h5-6,8H,1-4,7,15H2,(H,16,17). The minimum Gasteiger partial charge on any atom is -0.330 e. The fourth-order valence-electron chi connectivity index (χ4n) is 1.41. The second-order valence-electron chi connectivity index (χ2n) is 3.77. The topological polar surface area (TPSA) is 55.1 Å². The lowest BCUT2D eigenvalue weighted by Gasteiger charge is -2.07. The molecule has 3 nitrogen and oxygen atoms in total. The normalized spacial score (nSPS) is 10.3. The van der Waals surface area contributed by atoms with Crippen LogP contribution in [0.3, 0.4) is 0 Å². The van der Waals surface area contributed by atoms with E-state index in [-0.39, 0.29) is 10.9 Å². The molecule has 0 aliphatic heterocycles. The van der Waals surface area contributed by atoms with Gasteiger partial charge in [-0.25, -0.2) is 4.39 Å². The Hall–Kier alpha value is -1.13. The van der Waals surface area contributed by atoms with E-state index in [0.717, 1.165) is 19.3 Å². The Labute approximate surface area is 105 Å². The number of nitrogens with one attached hydrogen (secondary N) is 1. The summed E-state index contributed by atoms with van der Waals surface area (Å²) in [6, 6.07) is 3.89. The van der Waals surface area contributed by atoms with E-state index in [4.69, 9.17) is 17.3 Å². The SMILES string of the molecule is NCCCCCC(=O)Nc1ccc(F)cc1Cl. The molecule has 94 valence electrons. The zero-order valence-electron chi connectivity index (χ0n) is 9.51. The van der Waals surface area contributed by atoms with E-state index < -0.39 is 5.82 Å². The number of anilines is 1. The van der Waals surface area contributed by atoms with Crippen LogP contribution in [-0.4, -0.2) is 12.5 Å².